The maximum Gasteiger partial charge on any atom is 0.140 e. The molecule has 2 rings (SSSR count). The first-order valence-electron chi connectivity index (χ1n) is 7.07. The lowest BCUT2D eigenvalue weighted by molar-refractivity contribution is -0.130. The first-order valence-corrected chi connectivity index (χ1v) is 7.07. The third-order valence-electron chi connectivity index (χ3n) is 4.43. The van der Waals surface area contributed by atoms with Crippen molar-refractivity contribution in [1.29, 1.82) is 0 Å². The lowest BCUT2D eigenvalue weighted by Crippen LogP contribution is -2.23. The Hall–Kier alpha value is -1.44. The molecule has 0 spiro atoms. The van der Waals surface area contributed by atoms with Crippen LogP contribution in [0.25, 0.3) is 0 Å². The van der Waals surface area contributed by atoms with Gasteiger partial charge in [-0.25, -0.2) is 0 Å². The number of hydrogen-bond acceptors (Lipinski definition) is 2. The molecule has 1 saturated carbocycles. The standard InChI is InChI=1S/C17H22O2/c1-5-13-6-10(2)11(3)12(4)17(13)14-7-15(18)9-16(19)8-14/h6,14H,5,7-9H2,1-4H3. The Bertz CT molecular complexity index is 525. The topological polar surface area (TPSA) is 34.1 Å². The van der Waals surface area contributed by atoms with E-state index < -0.39 is 0 Å². The molecule has 2 nitrogen and oxygen atoms in total. The van der Waals surface area contributed by atoms with Crippen molar-refractivity contribution in [2.45, 2.75) is 59.3 Å². The number of carbonyl (C=O) groups is 2. The molecule has 0 atom stereocenters. The summed E-state index contributed by atoms with van der Waals surface area (Å²) in [6, 6.07) is 2.22. The summed E-state index contributed by atoms with van der Waals surface area (Å²) in [5.74, 6) is 0.296. The molecular weight excluding hydrogens is 236 g/mol. The van der Waals surface area contributed by atoms with Gasteiger partial charge in [-0.15, -0.1) is 0 Å². The molecule has 0 bridgehead atoms. The van der Waals surface area contributed by atoms with E-state index in [-0.39, 0.29) is 23.9 Å². The van der Waals surface area contributed by atoms with Gasteiger partial charge in [-0.1, -0.05) is 13.0 Å². The molecule has 1 fully saturated rings. The van der Waals surface area contributed by atoms with E-state index in [0.717, 1.165) is 6.42 Å². The highest BCUT2D eigenvalue weighted by molar-refractivity contribution is 6.02. The van der Waals surface area contributed by atoms with Gasteiger partial charge in [0, 0.05) is 12.8 Å². The maximum atomic E-state index is 11.7. The van der Waals surface area contributed by atoms with Crippen molar-refractivity contribution in [1.82, 2.24) is 0 Å². The molecule has 0 aliphatic heterocycles. The monoisotopic (exact) mass is 258 g/mol. The number of ketones is 2. The van der Waals surface area contributed by atoms with Crippen LogP contribution in [-0.4, -0.2) is 11.6 Å². The lowest BCUT2D eigenvalue weighted by atomic mass is 9.77. The van der Waals surface area contributed by atoms with Crippen LogP contribution in [0, 0.1) is 20.8 Å². The van der Waals surface area contributed by atoms with E-state index in [9.17, 15) is 9.59 Å². The fourth-order valence-electron chi connectivity index (χ4n) is 3.24. The molecule has 0 aromatic heterocycles. The maximum absolute atomic E-state index is 11.7. The summed E-state index contributed by atoms with van der Waals surface area (Å²) < 4.78 is 0. The van der Waals surface area contributed by atoms with E-state index in [0.29, 0.717) is 12.8 Å². The Morgan fingerprint density at radius 1 is 1.05 bits per heavy atom. The van der Waals surface area contributed by atoms with Gasteiger partial charge in [0.25, 0.3) is 0 Å². The molecule has 2 heteroatoms. The highest BCUT2D eigenvalue weighted by Gasteiger charge is 2.29. The molecule has 0 unspecified atom stereocenters. The second kappa shape index (κ2) is 5.28. The molecule has 102 valence electrons. The summed E-state index contributed by atoms with van der Waals surface area (Å²) in [6.07, 6.45) is 2.15. The van der Waals surface area contributed by atoms with Crippen LogP contribution in [0.3, 0.4) is 0 Å². The molecule has 1 aliphatic carbocycles. The van der Waals surface area contributed by atoms with E-state index in [1.165, 1.54) is 27.8 Å². The zero-order chi connectivity index (χ0) is 14.2. The van der Waals surface area contributed by atoms with Gasteiger partial charge in [0.15, 0.2) is 0 Å². The molecule has 19 heavy (non-hydrogen) atoms. The molecule has 0 radical (unpaired) electrons. The Morgan fingerprint density at radius 2 is 1.63 bits per heavy atom. The number of benzene rings is 1. The van der Waals surface area contributed by atoms with Crippen LogP contribution in [0.1, 0.15) is 59.9 Å². The van der Waals surface area contributed by atoms with E-state index >= 15 is 0 Å². The van der Waals surface area contributed by atoms with E-state index in [2.05, 4.69) is 33.8 Å². The van der Waals surface area contributed by atoms with Crippen LogP contribution < -0.4 is 0 Å². The third-order valence-corrected chi connectivity index (χ3v) is 4.43. The number of Topliss-reactive ketones (excluding diaryl/α,β-unsaturated/α-hetero) is 2. The molecule has 1 aromatic carbocycles. The van der Waals surface area contributed by atoms with Crippen LogP contribution in [0.5, 0.6) is 0 Å². The predicted molar refractivity (Wildman–Crippen MR) is 76.6 cm³/mol. The first-order chi connectivity index (χ1) is 8.93. The Labute approximate surface area is 115 Å². The fraction of sp³-hybridized carbons (Fsp3) is 0.529. The second-order valence-electron chi connectivity index (χ2n) is 5.73. The molecule has 0 saturated heterocycles. The first kappa shape index (κ1) is 14.0. The highest BCUT2D eigenvalue weighted by Crippen LogP contribution is 2.36. The van der Waals surface area contributed by atoms with Crippen LogP contribution in [0.15, 0.2) is 6.07 Å². The third kappa shape index (κ3) is 2.63. The molecular formula is C17H22O2. The van der Waals surface area contributed by atoms with Gasteiger partial charge in [0.05, 0.1) is 6.42 Å². The summed E-state index contributed by atoms with van der Waals surface area (Å²) in [4.78, 5) is 23.4. The largest absolute Gasteiger partial charge is 0.299 e. The fourth-order valence-corrected chi connectivity index (χ4v) is 3.24. The van der Waals surface area contributed by atoms with Gasteiger partial charge >= 0.3 is 0 Å². The van der Waals surface area contributed by atoms with E-state index in [4.69, 9.17) is 0 Å². The molecule has 0 heterocycles. The van der Waals surface area contributed by atoms with Crippen molar-refractivity contribution in [2.75, 3.05) is 0 Å². The van der Waals surface area contributed by atoms with Gasteiger partial charge in [0.1, 0.15) is 11.6 Å². The van der Waals surface area contributed by atoms with Crippen molar-refractivity contribution in [3.8, 4) is 0 Å². The van der Waals surface area contributed by atoms with Crippen molar-refractivity contribution in [3.63, 3.8) is 0 Å². The smallest absolute Gasteiger partial charge is 0.140 e. The van der Waals surface area contributed by atoms with Gasteiger partial charge in [-0.3, -0.25) is 9.59 Å². The quantitative estimate of drug-likeness (QED) is 0.760. The van der Waals surface area contributed by atoms with Crippen LogP contribution in [0.4, 0.5) is 0 Å². The molecule has 0 N–H and O–H groups in total. The molecule has 1 aliphatic rings. The van der Waals surface area contributed by atoms with Gasteiger partial charge in [-0.05, 0) is 60.9 Å². The number of rotatable bonds is 2. The normalized spacial score (nSPS) is 17.1. The van der Waals surface area contributed by atoms with Crippen molar-refractivity contribution >= 4 is 11.6 Å². The van der Waals surface area contributed by atoms with Crippen molar-refractivity contribution < 1.29 is 9.59 Å². The Kier molecular flexibility index (Phi) is 3.88. The summed E-state index contributed by atoms with van der Waals surface area (Å²) in [7, 11) is 0. The summed E-state index contributed by atoms with van der Waals surface area (Å²) in [5.41, 5.74) is 6.41. The minimum Gasteiger partial charge on any atom is -0.299 e. The zero-order valence-corrected chi connectivity index (χ0v) is 12.3. The van der Waals surface area contributed by atoms with Crippen molar-refractivity contribution in [2.24, 2.45) is 0 Å². The average Bonchev–Trinajstić information content (AvgIpc) is 2.34. The van der Waals surface area contributed by atoms with Crippen molar-refractivity contribution in [3.05, 3.63) is 33.9 Å². The second-order valence-corrected chi connectivity index (χ2v) is 5.73. The van der Waals surface area contributed by atoms with Gasteiger partial charge in [0.2, 0.25) is 0 Å². The minimum absolute atomic E-state index is 0.0981. The Morgan fingerprint density at radius 3 is 2.16 bits per heavy atom. The number of aryl methyl sites for hydroxylation is 2. The number of carbonyl (C=O) groups excluding carboxylic acids is 2. The van der Waals surface area contributed by atoms with Gasteiger partial charge in [-0.2, -0.15) is 0 Å². The van der Waals surface area contributed by atoms with Crippen LogP contribution >= 0.6 is 0 Å². The van der Waals surface area contributed by atoms with Crippen LogP contribution in [0.2, 0.25) is 0 Å². The van der Waals surface area contributed by atoms with Crippen LogP contribution in [-0.2, 0) is 16.0 Å². The lowest BCUT2D eigenvalue weighted by Gasteiger charge is -2.26. The van der Waals surface area contributed by atoms with Gasteiger partial charge < -0.3 is 0 Å². The molecule has 1 aromatic rings. The van der Waals surface area contributed by atoms with E-state index in [1.807, 2.05) is 0 Å². The van der Waals surface area contributed by atoms with E-state index in [1.54, 1.807) is 0 Å². The predicted octanol–water partition coefficient (Wildman–Crippen LogP) is 3.58. The summed E-state index contributed by atoms with van der Waals surface area (Å²) in [6.45, 7) is 8.52. The SMILES string of the molecule is CCc1cc(C)c(C)c(C)c1C1CC(=O)CC(=O)C1. The number of hydrogen-bond donors (Lipinski definition) is 0. The Balaban J connectivity index is 2.51. The average molecular weight is 258 g/mol. The zero-order valence-electron chi connectivity index (χ0n) is 12.3. The highest BCUT2D eigenvalue weighted by atomic mass is 16.1. The molecule has 0 amide bonds. The summed E-state index contributed by atoms with van der Waals surface area (Å²) in [5, 5.41) is 0. The minimum atomic E-state index is 0.0981. The summed E-state index contributed by atoms with van der Waals surface area (Å²) >= 11 is 0.